The van der Waals surface area contributed by atoms with Gasteiger partial charge in [-0.15, -0.1) is 0 Å². The molecule has 0 aromatic heterocycles. The smallest absolute Gasteiger partial charge is 0.268 e. The van der Waals surface area contributed by atoms with Crippen LogP contribution in [0.25, 0.3) is 0 Å². The van der Waals surface area contributed by atoms with Crippen molar-refractivity contribution in [2.24, 2.45) is 0 Å². The van der Waals surface area contributed by atoms with Crippen LogP contribution in [-0.2, 0) is 0 Å². The van der Waals surface area contributed by atoms with Gasteiger partial charge in [0.1, 0.15) is 5.82 Å². The summed E-state index contributed by atoms with van der Waals surface area (Å²) in [6.45, 7) is 0. The number of benzene rings is 2. The molecule has 1 aliphatic rings. The summed E-state index contributed by atoms with van der Waals surface area (Å²) in [6, 6.07) is 8.14. The Morgan fingerprint density at radius 1 is 1.10 bits per heavy atom. The number of carbonyl (C=O) groups excluding carboxylic acids is 2. The van der Waals surface area contributed by atoms with E-state index < -0.39 is 17.6 Å². The van der Waals surface area contributed by atoms with Crippen LogP contribution in [0.5, 0.6) is 0 Å². The molecular weight excluding hydrogens is 283 g/mol. The fourth-order valence-corrected chi connectivity index (χ4v) is 2.43. The van der Waals surface area contributed by atoms with Crippen molar-refractivity contribution in [2.45, 2.75) is 0 Å². The highest BCUT2D eigenvalue weighted by atomic mass is 35.5. The molecule has 0 saturated carbocycles. The molecule has 6 heteroatoms. The molecule has 0 spiro atoms. The van der Waals surface area contributed by atoms with Crippen molar-refractivity contribution in [1.29, 1.82) is 0 Å². The number of imide groups is 1. The van der Waals surface area contributed by atoms with Gasteiger partial charge in [0.05, 0.1) is 16.8 Å². The van der Waals surface area contributed by atoms with E-state index in [9.17, 15) is 14.0 Å². The maximum atomic E-state index is 13.4. The Balaban J connectivity index is 2.17. The van der Waals surface area contributed by atoms with E-state index in [2.05, 4.69) is 0 Å². The molecule has 4 nitrogen and oxygen atoms in total. The molecule has 0 fully saturated rings. The van der Waals surface area contributed by atoms with Crippen LogP contribution in [0.2, 0.25) is 5.02 Å². The summed E-state index contributed by atoms with van der Waals surface area (Å²) < 4.78 is 13.4. The van der Waals surface area contributed by atoms with E-state index in [1.165, 1.54) is 18.2 Å². The first-order valence-corrected chi connectivity index (χ1v) is 6.10. The van der Waals surface area contributed by atoms with Crippen LogP contribution in [0, 0.1) is 5.82 Å². The lowest BCUT2D eigenvalue weighted by molar-refractivity contribution is 0.0926. The van der Waals surface area contributed by atoms with Gasteiger partial charge in [0.2, 0.25) is 0 Å². The number of nitrogen functional groups attached to an aromatic ring is 1. The molecule has 2 aromatic rings. The molecule has 20 heavy (non-hydrogen) atoms. The van der Waals surface area contributed by atoms with Gasteiger partial charge in [-0.3, -0.25) is 9.59 Å². The molecule has 1 heterocycles. The maximum absolute atomic E-state index is 13.4. The third-order valence-electron chi connectivity index (χ3n) is 3.05. The number of nitrogens with two attached hydrogens (primary N) is 1. The van der Waals surface area contributed by atoms with Gasteiger partial charge in [-0.05, 0) is 30.3 Å². The number of hydrogen-bond donors (Lipinski definition) is 1. The summed E-state index contributed by atoms with van der Waals surface area (Å²) in [5.74, 6) is -1.75. The van der Waals surface area contributed by atoms with E-state index in [0.29, 0.717) is 0 Å². The van der Waals surface area contributed by atoms with Gasteiger partial charge in [0, 0.05) is 10.7 Å². The lowest BCUT2D eigenvalue weighted by atomic mass is 10.1. The quantitative estimate of drug-likeness (QED) is 0.649. The van der Waals surface area contributed by atoms with E-state index in [1.54, 1.807) is 6.07 Å². The topological polar surface area (TPSA) is 63.4 Å². The van der Waals surface area contributed by atoms with Crippen molar-refractivity contribution in [3.05, 3.63) is 58.4 Å². The van der Waals surface area contributed by atoms with Gasteiger partial charge in [-0.2, -0.15) is 0 Å². The molecule has 2 N–H and O–H groups in total. The third kappa shape index (κ3) is 1.75. The first kappa shape index (κ1) is 12.6. The predicted molar refractivity (Wildman–Crippen MR) is 73.4 cm³/mol. The number of halogens is 2. The van der Waals surface area contributed by atoms with Gasteiger partial charge in [0.25, 0.3) is 11.8 Å². The average molecular weight is 291 g/mol. The normalized spacial score (nSPS) is 13.8. The summed E-state index contributed by atoms with van der Waals surface area (Å²) in [7, 11) is 0. The molecule has 2 amide bonds. The summed E-state index contributed by atoms with van der Waals surface area (Å²) in [6.07, 6.45) is 0. The molecule has 3 rings (SSSR count). The highest BCUT2D eigenvalue weighted by molar-refractivity contribution is 6.36. The lowest BCUT2D eigenvalue weighted by Gasteiger charge is -2.14. The second kappa shape index (κ2) is 4.31. The molecule has 100 valence electrons. The molecule has 0 saturated heterocycles. The van der Waals surface area contributed by atoms with E-state index >= 15 is 0 Å². The van der Waals surface area contributed by atoms with Crippen LogP contribution in [-0.4, -0.2) is 11.8 Å². The molecule has 1 aliphatic heterocycles. The van der Waals surface area contributed by atoms with E-state index in [4.69, 9.17) is 17.3 Å². The first-order valence-electron chi connectivity index (χ1n) is 5.72. The molecule has 0 atom stereocenters. The van der Waals surface area contributed by atoms with Crippen LogP contribution < -0.4 is 10.6 Å². The van der Waals surface area contributed by atoms with Gasteiger partial charge in [-0.25, -0.2) is 9.29 Å². The van der Waals surface area contributed by atoms with Gasteiger partial charge in [0.15, 0.2) is 0 Å². The molecule has 0 radical (unpaired) electrons. The first-order chi connectivity index (χ1) is 9.49. The minimum absolute atomic E-state index is 0.0839. The highest BCUT2D eigenvalue weighted by Gasteiger charge is 2.38. The van der Waals surface area contributed by atoms with Crippen molar-refractivity contribution >= 4 is 34.8 Å². The van der Waals surface area contributed by atoms with Crippen molar-refractivity contribution in [3.8, 4) is 0 Å². The number of anilines is 2. The Morgan fingerprint density at radius 3 is 2.50 bits per heavy atom. The van der Waals surface area contributed by atoms with Crippen LogP contribution in [0.1, 0.15) is 20.7 Å². The van der Waals surface area contributed by atoms with Crippen molar-refractivity contribution in [3.63, 3.8) is 0 Å². The number of carbonyl (C=O) groups is 2. The second-order valence-electron chi connectivity index (χ2n) is 4.34. The minimum Gasteiger partial charge on any atom is -0.398 e. The summed E-state index contributed by atoms with van der Waals surface area (Å²) in [5, 5.41) is 0.101. The predicted octanol–water partition coefficient (Wildman–Crippen LogP) is 2.86. The van der Waals surface area contributed by atoms with Crippen molar-refractivity contribution in [2.75, 3.05) is 10.6 Å². The zero-order valence-corrected chi connectivity index (χ0v) is 10.8. The highest BCUT2D eigenvalue weighted by Crippen LogP contribution is 2.33. The largest absolute Gasteiger partial charge is 0.398 e. The van der Waals surface area contributed by atoms with Crippen molar-refractivity contribution < 1.29 is 14.0 Å². The lowest BCUT2D eigenvalue weighted by Crippen LogP contribution is -2.29. The summed E-state index contributed by atoms with van der Waals surface area (Å²) in [4.78, 5) is 25.4. The fraction of sp³-hybridized carbons (Fsp3) is 0. The molecule has 0 aliphatic carbocycles. The van der Waals surface area contributed by atoms with Gasteiger partial charge >= 0.3 is 0 Å². The number of rotatable bonds is 1. The van der Waals surface area contributed by atoms with E-state index in [1.807, 2.05) is 0 Å². The maximum Gasteiger partial charge on any atom is 0.268 e. The number of fused-ring (bicyclic) bond motifs is 1. The monoisotopic (exact) mass is 290 g/mol. The van der Waals surface area contributed by atoms with Crippen LogP contribution >= 0.6 is 11.6 Å². The Kier molecular flexibility index (Phi) is 2.72. The molecule has 0 unspecified atom stereocenters. The van der Waals surface area contributed by atoms with E-state index in [-0.39, 0.29) is 27.5 Å². The Morgan fingerprint density at radius 2 is 1.85 bits per heavy atom. The SMILES string of the molecule is Nc1cccc2c1C(=O)N(c1cc(F)cc(Cl)c1)C2=O. The van der Waals surface area contributed by atoms with Gasteiger partial charge in [-0.1, -0.05) is 17.7 Å². The Labute approximate surface area is 118 Å². The molecule has 2 aromatic carbocycles. The molecule has 0 bridgehead atoms. The number of amides is 2. The zero-order valence-electron chi connectivity index (χ0n) is 10.1. The Hall–Kier alpha value is -2.40. The van der Waals surface area contributed by atoms with Crippen LogP contribution in [0.3, 0.4) is 0 Å². The average Bonchev–Trinajstić information content (AvgIpc) is 2.61. The van der Waals surface area contributed by atoms with Gasteiger partial charge < -0.3 is 5.73 Å². The van der Waals surface area contributed by atoms with Crippen LogP contribution in [0.4, 0.5) is 15.8 Å². The second-order valence-corrected chi connectivity index (χ2v) is 4.78. The minimum atomic E-state index is -0.628. The third-order valence-corrected chi connectivity index (χ3v) is 3.27. The standard InChI is InChI=1S/C14H8ClFN2O2/c15-7-4-8(16)6-9(5-7)18-13(19)10-2-1-3-11(17)12(10)14(18)20/h1-6H,17H2. The summed E-state index contributed by atoms with van der Waals surface area (Å²) in [5.41, 5.74) is 6.36. The number of hydrogen-bond acceptors (Lipinski definition) is 3. The van der Waals surface area contributed by atoms with Crippen molar-refractivity contribution in [1.82, 2.24) is 0 Å². The van der Waals surface area contributed by atoms with E-state index in [0.717, 1.165) is 17.0 Å². The number of nitrogens with zero attached hydrogens (tertiary/aromatic N) is 1. The fourth-order valence-electron chi connectivity index (χ4n) is 2.21. The Bertz CT molecular complexity index is 741. The summed E-state index contributed by atoms with van der Waals surface area (Å²) >= 11 is 5.75. The zero-order chi connectivity index (χ0) is 14.4. The van der Waals surface area contributed by atoms with Crippen LogP contribution in [0.15, 0.2) is 36.4 Å². The molecular formula is C14H8ClFN2O2.